The molecule has 0 bridgehead atoms. The number of aromatic amines is 1. The van der Waals surface area contributed by atoms with Gasteiger partial charge in [-0.3, -0.25) is 5.10 Å². The number of hydrogen-bond acceptors (Lipinski definition) is 3. The number of aromatic nitrogens is 2. The molecule has 0 saturated carbocycles. The average molecular weight is 459 g/mol. The molecule has 0 aliphatic heterocycles. The summed E-state index contributed by atoms with van der Waals surface area (Å²) in [5.74, 6) is -0.0934. The van der Waals surface area contributed by atoms with E-state index in [-0.39, 0.29) is 11.7 Å². The lowest BCUT2D eigenvalue weighted by Gasteiger charge is -2.15. The highest BCUT2D eigenvalue weighted by Gasteiger charge is 2.15. The monoisotopic (exact) mass is 458 g/mol. The lowest BCUT2D eigenvalue weighted by Crippen LogP contribution is -2.14. The van der Waals surface area contributed by atoms with Crippen LogP contribution in [-0.4, -0.2) is 10.2 Å². The van der Waals surface area contributed by atoms with Crippen molar-refractivity contribution in [3.8, 4) is 0 Å². The number of nitrogens with zero attached hydrogens (tertiary/aromatic N) is 1. The third kappa shape index (κ3) is 6.35. The van der Waals surface area contributed by atoms with E-state index in [1.807, 2.05) is 45.1 Å². The van der Waals surface area contributed by atoms with Crippen molar-refractivity contribution < 1.29 is 4.39 Å². The lowest BCUT2D eigenvalue weighted by molar-refractivity contribution is 0.626. The number of benzene rings is 1. The second-order valence-corrected chi connectivity index (χ2v) is 8.31. The predicted octanol–water partition coefficient (Wildman–Crippen LogP) is 7.53. The van der Waals surface area contributed by atoms with Gasteiger partial charge in [0.2, 0.25) is 0 Å². The Morgan fingerprint density at radius 2 is 1.85 bits per heavy atom. The SMILES string of the molecule is C=C/C=C\C(C)=C(/C)NC(=C)c1n[nH]c2cc(F)c(C(/C=C(\C=C)NC(=C)C(C)C)=C/C)cc12. The van der Waals surface area contributed by atoms with Crippen molar-refractivity contribution in [3.05, 3.63) is 115 Å². The third-order valence-corrected chi connectivity index (χ3v) is 5.50. The molecule has 0 spiro atoms. The number of nitrogens with one attached hydrogen (secondary N) is 3. The van der Waals surface area contributed by atoms with Gasteiger partial charge in [0.15, 0.2) is 0 Å². The van der Waals surface area contributed by atoms with E-state index in [0.29, 0.717) is 28.0 Å². The topological polar surface area (TPSA) is 52.7 Å². The van der Waals surface area contributed by atoms with Gasteiger partial charge in [-0.1, -0.05) is 64.5 Å². The van der Waals surface area contributed by atoms with E-state index in [9.17, 15) is 0 Å². The van der Waals surface area contributed by atoms with Gasteiger partial charge in [0.1, 0.15) is 11.5 Å². The van der Waals surface area contributed by atoms with Gasteiger partial charge in [0, 0.05) is 34.1 Å². The first-order chi connectivity index (χ1) is 16.1. The minimum atomic E-state index is -0.349. The molecule has 1 heterocycles. The Morgan fingerprint density at radius 3 is 2.44 bits per heavy atom. The molecule has 2 aromatic rings. The fraction of sp³-hybridized carbons (Fsp3) is 0.207. The van der Waals surface area contributed by atoms with Gasteiger partial charge in [-0.2, -0.15) is 5.10 Å². The van der Waals surface area contributed by atoms with E-state index in [2.05, 4.69) is 61.0 Å². The smallest absolute Gasteiger partial charge is 0.133 e. The minimum absolute atomic E-state index is 0.255. The number of H-pyrrole nitrogens is 1. The van der Waals surface area contributed by atoms with E-state index in [1.165, 1.54) is 6.07 Å². The summed E-state index contributed by atoms with van der Waals surface area (Å²) in [6.07, 6.45) is 11.0. The van der Waals surface area contributed by atoms with E-state index < -0.39 is 0 Å². The van der Waals surface area contributed by atoms with Gasteiger partial charge in [0.25, 0.3) is 0 Å². The highest BCUT2D eigenvalue weighted by Crippen LogP contribution is 2.29. The predicted molar refractivity (Wildman–Crippen MR) is 145 cm³/mol. The molecule has 0 radical (unpaired) electrons. The standard InChI is InChI=1S/C29H35FN4/c1-10-13-14-19(6)21(8)31-22(9)29-26-16-25(27(30)17-28(26)33-34-29)23(11-2)15-24(12-3)32-20(7)18(4)5/h10-18,31-32H,1,3,7,9H2,2,4-6,8H3,(H,33,34)/b14-13-,21-19+,23-11+,24-15+. The Kier molecular flexibility index (Phi) is 9.19. The number of hydrogen-bond donors (Lipinski definition) is 3. The summed E-state index contributed by atoms with van der Waals surface area (Å²) < 4.78 is 15.1. The van der Waals surface area contributed by atoms with Crippen molar-refractivity contribution >= 4 is 22.2 Å². The van der Waals surface area contributed by atoms with Crippen LogP contribution in [0, 0.1) is 11.7 Å². The number of rotatable bonds is 11. The highest BCUT2D eigenvalue weighted by atomic mass is 19.1. The summed E-state index contributed by atoms with van der Waals surface area (Å²) in [7, 11) is 0. The van der Waals surface area contributed by atoms with Gasteiger partial charge >= 0.3 is 0 Å². The van der Waals surface area contributed by atoms with Crippen LogP contribution in [0.3, 0.4) is 0 Å². The van der Waals surface area contributed by atoms with Crippen LogP contribution >= 0.6 is 0 Å². The van der Waals surface area contributed by atoms with Gasteiger partial charge in [-0.05, 0) is 56.1 Å². The molecule has 4 nitrogen and oxygen atoms in total. The third-order valence-electron chi connectivity index (χ3n) is 5.50. The molecule has 5 heteroatoms. The molecule has 0 aliphatic carbocycles. The van der Waals surface area contributed by atoms with Crippen LogP contribution in [0.15, 0.2) is 97.6 Å². The van der Waals surface area contributed by atoms with E-state index >= 15 is 4.39 Å². The maximum atomic E-state index is 15.1. The molecule has 0 fully saturated rings. The van der Waals surface area contributed by atoms with E-state index in [0.717, 1.165) is 28.1 Å². The molecular formula is C29H35FN4. The van der Waals surface area contributed by atoms with Crippen LogP contribution in [0.25, 0.3) is 22.2 Å². The first-order valence-corrected chi connectivity index (χ1v) is 11.2. The fourth-order valence-electron chi connectivity index (χ4n) is 3.17. The first-order valence-electron chi connectivity index (χ1n) is 11.2. The molecule has 0 aliphatic rings. The van der Waals surface area contributed by atoms with Crippen molar-refractivity contribution in [2.45, 2.75) is 34.6 Å². The average Bonchev–Trinajstić information content (AvgIpc) is 3.21. The Labute approximate surface area is 202 Å². The zero-order valence-electron chi connectivity index (χ0n) is 20.8. The quantitative estimate of drug-likeness (QED) is 0.305. The van der Waals surface area contributed by atoms with Gasteiger partial charge in [-0.15, -0.1) is 0 Å². The van der Waals surface area contributed by atoms with Crippen molar-refractivity contribution in [3.63, 3.8) is 0 Å². The second-order valence-electron chi connectivity index (χ2n) is 8.31. The summed E-state index contributed by atoms with van der Waals surface area (Å²) in [6.45, 7) is 25.7. The summed E-state index contributed by atoms with van der Waals surface area (Å²) in [5, 5.41) is 14.6. The van der Waals surface area contributed by atoms with E-state index in [4.69, 9.17) is 0 Å². The normalized spacial score (nSPS) is 13.3. The van der Waals surface area contributed by atoms with Gasteiger partial charge in [-0.25, -0.2) is 4.39 Å². The molecule has 0 atom stereocenters. The molecule has 178 valence electrons. The zero-order valence-corrected chi connectivity index (χ0v) is 20.8. The summed E-state index contributed by atoms with van der Waals surface area (Å²) in [5.41, 5.74) is 6.60. The second kappa shape index (κ2) is 11.8. The van der Waals surface area contributed by atoms with Crippen molar-refractivity contribution in [2.75, 3.05) is 0 Å². The molecular weight excluding hydrogens is 423 g/mol. The van der Waals surface area contributed by atoms with Crippen LogP contribution in [0.1, 0.15) is 45.9 Å². The Balaban J connectivity index is 2.48. The molecule has 0 unspecified atom stereocenters. The maximum Gasteiger partial charge on any atom is 0.133 e. The molecule has 3 N–H and O–H groups in total. The number of allylic oxidation sites excluding steroid dienone is 10. The van der Waals surface area contributed by atoms with Crippen LogP contribution < -0.4 is 10.6 Å². The van der Waals surface area contributed by atoms with Crippen molar-refractivity contribution in [2.24, 2.45) is 5.92 Å². The van der Waals surface area contributed by atoms with E-state index in [1.54, 1.807) is 18.2 Å². The Morgan fingerprint density at radius 1 is 1.15 bits per heavy atom. The van der Waals surface area contributed by atoms with Crippen LogP contribution in [0.5, 0.6) is 0 Å². The van der Waals surface area contributed by atoms with Crippen LogP contribution in [-0.2, 0) is 0 Å². The van der Waals surface area contributed by atoms with Gasteiger partial charge < -0.3 is 10.6 Å². The molecule has 1 aromatic heterocycles. The zero-order chi connectivity index (χ0) is 25.4. The number of halogens is 1. The summed E-state index contributed by atoms with van der Waals surface area (Å²) in [4.78, 5) is 0. The first kappa shape index (κ1) is 26.4. The molecule has 34 heavy (non-hydrogen) atoms. The Hall–Kier alpha value is -3.86. The van der Waals surface area contributed by atoms with Gasteiger partial charge in [0.05, 0.1) is 11.2 Å². The minimum Gasteiger partial charge on any atom is -0.359 e. The van der Waals surface area contributed by atoms with Crippen LogP contribution in [0.4, 0.5) is 4.39 Å². The fourth-order valence-corrected chi connectivity index (χ4v) is 3.17. The Bertz CT molecular complexity index is 1230. The molecule has 2 rings (SSSR count). The molecule has 1 aromatic carbocycles. The largest absolute Gasteiger partial charge is 0.359 e. The maximum absolute atomic E-state index is 15.1. The van der Waals surface area contributed by atoms with Crippen molar-refractivity contribution in [1.82, 2.24) is 20.8 Å². The molecule has 0 amide bonds. The number of fused-ring (bicyclic) bond motifs is 1. The van der Waals surface area contributed by atoms with Crippen LogP contribution in [0.2, 0.25) is 0 Å². The lowest BCUT2D eigenvalue weighted by atomic mass is 10.00. The highest BCUT2D eigenvalue weighted by molar-refractivity contribution is 5.93. The summed E-state index contributed by atoms with van der Waals surface area (Å²) in [6, 6.07) is 3.25. The van der Waals surface area contributed by atoms with Crippen molar-refractivity contribution in [1.29, 1.82) is 0 Å². The summed E-state index contributed by atoms with van der Waals surface area (Å²) >= 11 is 0. The molecule has 0 saturated heterocycles.